The minimum atomic E-state index is -0.248. The largest absolute Gasteiger partial charge is 0.506 e. The SMILES string of the molecule is Cc1[nH]n(C)c(=O)c1N=Nc1ccccc1O. The molecular weight excluding hydrogens is 220 g/mol. The fourth-order valence-electron chi connectivity index (χ4n) is 1.44. The van der Waals surface area contributed by atoms with Gasteiger partial charge in [0.05, 0.1) is 5.69 Å². The van der Waals surface area contributed by atoms with E-state index < -0.39 is 0 Å². The number of phenolic OH excluding ortho intramolecular Hbond substituents is 1. The van der Waals surface area contributed by atoms with Crippen molar-refractivity contribution in [2.24, 2.45) is 17.3 Å². The van der Waals surface area contributed by atoms with Crippen LogP contribution in [0.2, 0.25) is 0 Å². The van der Waals surface area contributed by atoms with Gasteiger partial charge in [0, 0.05) is 7.05 Å². The molecule has 0 aliphatic heterocycles. The molecule has 6 heteroatoms. The molecule has 0 saturated heterocycles. The van der Waals surface area contributed by atoms with Gasteiger partial charge in [-0.3, -0.25) is 14.6 Å². The molecule has 0 unspecified atom stereocenters. The van der Waals surface area contributed by atoms with Crippen molar-refractivity contribution in [3.8, 4) is 5.75 Å². The predicted octanol–water partition coefficient (Wildman–Crippen LogP) is 2.14. The van der Waals surface area contributed by atoms with Crippen molar-refractivity contribution >= 4 is 11.4 Å². The molecule has 0 aliphatic rings. The molecule has 0 atom stereocenters. The summed E-state index contributed by atoms with van der Waals surface area (Å²) in [7, 11) is 1.61. The summed E-state index contributed by atoms with van der Waals surface area (Å²) in [6.07, 6.45) is 0. The molecule has 88 valence electrons. The molecule has 0 bridgehead atoms. The number of aromatic hydroxyl groups is 1. The molecular formula is C11H12N4O2. The molecule has 2 rings (SSSR count). The average molecular weight is 232 g/mol. The van der Waals surface area contributed by atoms with Crippen molar-refractivity contribution < 1.29 is 5.11 Å². The summed E-state index contributed by atoms with van der Waals surface area (Å²) in [6.45, 7) is 1.74. The van der Waals surface area contributed by atoms with E-state index >= 15 is 0 Å². The lowest BCUT2D eigenvalue weighted by atomic mass is 10.3. The van der Waals surface area contributed by atoms with Crippen molar-refractivity contribution in [2.45, 2.75) is 6.92 Å². The summed E-state index contributed by atoms with van der Waals surface area (Å²) in [5.74, 6) is 0.0289. The van der Waals surface area contributed by atoms with E-state index in [1.165, 1.54) is 10.7 Å². The fraction of sp³-hybridized carbons (Fsp3) is 0.182. The van der Waals surface area contributed by atoms with Crippen molar-refractivity contribution in [3.63, 3.8) is 0 Å². The van der Waals surface area contributed by atoms with E-state index in [0.29, 0.717) is 11.4 Å². The van der Waals surface area contributed by atoms with Crippen LogP contribution in [0.1, 0.15) is 5.69 Å². The number of benzene rings is 1. The third-order valence-corrected chi connectivity index (χ3v) is 2.34. The van der Waals surface area contributed by atoms with E-state index in [-0.39, 0.29) is 17.0 Å². The number of rotatable bonds is 2. The molecule has 1 heterocycles. The number of para-hydroxylation sites is 1. The topological polar surface area (TPSA) is 82.7 Å². The van der Waals surface area contributed by atoms with Crippen LogP contribution in [0, 0.1) is 6.92 Å². The van der Waals surface area contributed by atoms with E-state index in [0.717, 1.165) is 0 Å². The van der Waals surface area contributed by atoms with E-state index in [1.807, 2.05) is 0 Å². The van der Waals surface area contributed by atoms with Crippen LogP contribution < -0.4 is 5.56 Å². The normalized spacial score (nSPS) is 11.2. The predicted molar refractivity (Wildman–Crippen MR) is 63.1 cm³/mol. The van der Waals surface area contributed by atoms with Crippen molar-refractivity contribution in [3.05, 3.63) is 40.3 Å². The molecule has 2 aromatic rings. The third-order valence-electron chi connectivity index (χ3n) is 2.34. The Kier molecular flexibility index (Phi) is 2.78. The maximum atomic E-state index is 11.6. The number of H-pyrrole nitrogens is 1. The molecule has 0 radical (unpaired) electrons. The molecule has 2 N–H and O–H groups in total. The zero-order valence-electron chi connectivity index (χ0n) is 9.51. The van der Waals surface area contributed by atoms with Crippen LogP contribution in [-0.2, 0) is 7.05 Å². The summed E-state index contributed by atoms with van der Waals surface area (Å²) in [6, 6.07) is 6.55. The van der Waals surface area contributed by atoms with Gasteiger partial charge in [-0.1, -0.05) is 12.1 Å². The highest BCUT2D eigenvalue weighted by molar-refractivity contribution is 5.50. The van der Waals surface area contributed by atoms with Gasteiger partial charge >= 0.3 is 0 Å². The Bertz CT molecular complexity index is 625. The Labute approximate surface area is 97.2 Å². The Morgan fingerprint density at radius 3 is 2.59 bits per heavy atom. The van der Waals surface area contributed by atoms with Gasteiger partial charge < -0.3 is 5.11 Å². The number of nitrogens with zero attached hydrogens (tertiary/aromatic N) is 3. The number of phenols is 1. The highest BCUT2D eigenvalue weighted by Gasteiger charge is 2.07. The minimum Gasteiger partial charge on any atom is -0.506 e. The smallest absolute Gasteiger partial charge is 0.294 e. The molecule has 6 nitrogen and oxygen atoms in total. The van der Waals surface area contributed by atoms with Crippen LogP contribution in [0.25, 0.3) is 0 Å². The molecule has 0 amide bonds. The Morgan fingerprint density at radius 2 is 2.00 bits per heavy atom. The Morgan fingerprint density at radius 1 is 1.29 bits per heavy atom. The van der Waals surface area contributed by atoms with Crippen LogP contribution in [-0.4, -0.2) is 14.9 Å². The first kappa shape index (κ1) is 11.1. The minimum absolute atomic E-state index is 0.0289. The zero-order chi connectivity index (χ0) is 12.4. The van der Waals surface area contributed by atoms with Gasteiger partial charge in [0.1, 0.15) is 11.4 Å². The van der Waals surface area contributed by atoms with E-state index in [4.69, 9.17) is 0 Å². The number of aromatic nitrogens is 2. The Balaban J connectivity index is 2.39. The highest BCUT2D eigenvalue weighted by atomic mass is 16.3. The average Bonchev–Trinajstić information content (AvgIpc) is 2.53. The van der Waals surface area contributed by atoms with Gasteiger partial charge in [-0.25, -0.2) is 0 Å². The van der Waals surface area contributed by atoms with E-state index in [2.05, 4.69) is 15.3 Å². The second-order valence-electron chi connectivity index (χ2n) is 3.64. The highest BCUT2D eigenvalue weighted by Crippen LogP contribution is 2.26. The summed E-state index contributed by atoms with van der Waals surface area (Å²) < 4.78 is 1.33. The number of nitrogens with one attached hydrogen (secondary N) is 1. The van der Waals surface area contributed by atoms with Crippen molar-refractivity contribution in [2.75, 3.05) is 0 Å². The first-order valence-corrected chi connectivity index (χ1v) is 5.05. The molecule has 0 fully saturated rings. The number of hydrogen-bond acceptors (Lipinski definition) is 4. The molecule has 1 aromatic carbocycles. The van der Waals surface area contributed by atoms with Gasteiger partial charge in [-0.15, -0.1) is 10.2 Å². The summed E-state index contributed by atoms with van der Waals surface area (Å²) >= 11 is 0. The van der Waals surface area contributed by atoms with Crippen LogP contribution >= 0.6 is 0 Å². The van der Waals surface area contributed by atoms with Gasteiger partial charge in [0.25, 0.3) is 5.56 Å². The van der Waals surface area contributed by atoms with Gasteiger partial charge in [0.2, 0.25) is 0 Å². The second kappa shape index (κ2) is 4.25. The quantitative estimate of drug-likeness (QED) is 0.777. The maximum absolute atomic E-state index is 11.6. The van der Waals surface area contributed by atoms with E-state index in [1.54, 1.807) is 32.2 Å². The number of hydrogen-bond donors (Lipinski definition) is 2. The molecule has 0 saturated carbocycles. The third kappa shape index (κ3) is 2.10. The first-order chi connectivity index (χ1) is 8.09. The van der Waals surface area contributed by atoms with E-state index in [9.17, 15) is 9.90 Å². The monoisotopic (exact) mass is 232 g/mol. The standard InChI is InChI=1S/C11H12N4O2/c1-7-10(11(17)15(2)14-7)13-12-8-5-3-4-6-9(8)16/h3-6,14,16H,1-2H3. The molecule has 0 aliphatic carbocycles. The van der Waals surface area contributed by atoms with Gasteiger partial charge in [0.15, 0.2) is 5.69 Å². The summed E-state index contributed by atoms with van der Waals surface area (Å²) in [4.78, 5) is 11.6. The molecule has 0 spiro atoms. The second-order valence-corrected chi connectivity index (χ2v) is 3.64. The summed E-state index contributed by atoms with van der Waals surface area (Å²) in [5, 5.41) is 20.0. The summed E-state index contributed by atoms with van der Waals surface area (Å²) in [5.41, 5.74) is 0.962. The van der Waals surface area contributed by atoms with Crippen molar-refractivity contribution in [1.82, 2.24) is 9.78 Å². The van der Waals surface area contributed by atoms with Gasteiger partial charge in [-0.05, 0) is 19.1 Å². The number of aromatic amines is 1. The fourth-order valence-corrected chi connectivity index (χ4v) is 1.44. The van der Waals surface area contributed by atoms with Crippen LogP contribution in [0.5, 0.6) is 5.75 Å². The lowest BCUT2D eigenvalue weighted by Crippen LogP contribution is -2.10. The van der Waals surface area contributed by atoms with Crippen LogP contribution in [0.15, 0.2) is 39.3 Å². The molecule has 1 aromatic heterocycles. The number of azo groups is 1. The van der Waals surface area contributed by atoms with Crippen molar-refractivity contribution in [1.29, 1.82) is 0 Å². The molecule has 17 heavy (non-hydrogen) atoms. The lowest BCUT2D eigenvalue weighted by Gasteiger charge is -1.94. The number of aryl methyl sites for hydroxylation is 2. The Hall–Kier alpha value is -2.37. The van der Waals surface area contributed by atoms with Gasteiger partial charge in [-0.2, -0.15) is 0 Å². The van der Waals surface area contributed by atoms with Crippen LogP contribution in [0.3, 0.4) is 0 Å². The first-order valence-electron chi connectivity index (χ1n) is 5.05. The van der Waals surface area contributed by atoms with Crippen LogP contribution in [0.4, 0.5) is 11.4 Å². The lowest BCUT2D eigenvalue weighted by molar-refractivity contribution is 0.476. The zero-order valence-corrected chi connectivity index (χ0v) is 9.51. The maximum Gasteiger partial charge on any atom is 0.294 e.